The van der Waals surface area contributed by atoms with Crippen molar-refractivity contribution in [2.75, 3.05) is 4.90 Å². The van der Waals surface area contributed by atoms with Gasteiger partial charge >= 0.3 is 0 Å². The van der Waals surface area contributed by atoms with Crippen LogP contribution in [0.25, 0.3) is 55.6 Å². The molecule has 194 valence electrons. The van der Waals surface area contributed by atoms with Gasteiger partial charge in [-0.25, -0.2) is 4.98 Å². The number of para-hydroxylation sites is 2. The standard InChI is InChI=1S/C37H24N2O2/c1-4-12-25(13-5-1)37-38-31-22-23-33-35(36(31)41-37)34-30(20-11-21-32(34)40-33)26-14-10-19-29(24-26)39(27-15-6-2-7-16-27)28-17-8-3-9-18-28/h1-24H. The van der Waals surface area contributed by atoms with Crippen LogP contribution in [0.5, 0.6) is 0 Å². The molecular formula is C37H24N2O2. The van der Waals surface area contributed by atoms with E-state index in [4.69, 9.17) is 13.8 Å². The average molecular weight is 529 g/mol. The molecule has 6 aromatic carbocycles. The Morgan fingerprint density at radius 1 is 0.463 bits per heavy atom. The molecule has 0 saturated heterocycles. The Labute approximate surface area is 236 Å². The second kappa shape index (κ2) is 9.54. The van der Waals surface area contributed by atoms with Gasteiger partial charge in [-0.15, -0.1) is 0 Å². The zero-order chi connectivity index (χ0) is 27.2. The van der Waals surface area contributed by atoms with Crippen LogP contribution < -0.4 is 4.90 Å². The van der Waals surface area contributed by atoms with Gasteiger partial charge in [0.1, 0.15) is 16.7 Å². The smallest absolute Gasteiger partial charge is 0.227 e. The molecule has 0 fully saturated rings. The molecule has 2 heterocycles. The number of hydrogen-bond donors (Lipinski definition) is 0. The largest absolute Gasteiger partial charge is 0.456 e. The van der Waals surface area contributed by atoms with Crippen molar-refractivity contribution in [3.63, 3.8) is 0 Å². The van der Waals surface area contributed by atoms with Gasteiger partial charge in [0, 0.05) is 28.0 Å². The van der Waals surface area contributed by atoms with Crippen molar-refractivity contribution in [1.82, 2.24) is 4.98 Å². The summed E-state index contributed by atoms with van der Waals surface area (Å²) in [7, 11) is 0. The molecule has 0 saturated carbocycles. The van der Waals surface area contributed by atoms with E-state index in [1.54, 1.807) is 0 Å². The van der Waals surface area contributed by atoms with E-state index in [0.717, 1.165) is 66.8 Å². The predicted octanol–water partition coefficient (Wildman–Crippen LogP) is 10.5. The summed E-state index contributed by atoms with van der Waals surface area (Å²) in [6.45, 7) is 0. The number of fused-ring (bicyclic) bond motifs is 5. The van der Waals surface area contributed by atoms with Gasteiger partial charge in [-0.2, -0.15) is 0 Å². The summed E-state index contributed by atoms with van der Waals surface area (Å²) in [6.07, 6.45) is 0. The summed E-state index contributed by atoms with van der Waals surface area (Å²) in [5.74, 6) is 0.600. The Balaban J connectivity index is 1.34. The Hall–Kier alpha value is -5.61. The molecule has 8 rings (SSSR count). The zero-order valence-corrected chi connectivity index (χ0v) is 22.1. The van der Waals surface area contributed by atoms with Crippen molar-refractivity contribution in [1.29, 1.82) is 0 Å². The van der Waals surface area contributed by atoms with Crippen molar-refractivity contribution < 1.29 is 8.83 Å². The predicted molar refractivity (Wildman–Crippen MR) is 167 cm³/mol. The number of hydrogen-bond acceptors (Lipinski definition) is 4. The molecule has 0 amide bonds. The third-order valence-corrected chi connectivity index (χ3v) is 7.48. The van der Waals surface area contributed by atoms with Crippen LogP contribution in [0, 0.1) is 0 Å². The highest BCUT2D eigenvalue weighted by molar-refractivity contribution is 6.20. The van der Waals surface area contributed by atoms with Crippen LogP contribution in [-0.2, 0) is 0 Å². The Bertz CT molecular complexity index is 2110. The topological polar surface area (TPSA) is 42.4 Å². The summed E-state index contributed by atoms with van der Waals surface area (Å²) in [4.78, 5) is 7.09. The second-order valence-electron chi connectivity index (χ2n) is 10.0. The maximum absolute atomic E-state index is 6.42. The first-order valence-corrected chi connectivity index (χ1v) is 13.6. The van der Waals surface area contributed by atoms with Crippen LogP contribution in [-0.4, -0.2) is 4.98 Å². The monoisotopic (exact) mass is 528 g/mol. The molecular weight excluding hydrogens is 504 g/mol. The number of oxazole rings is 1. The number of nitrogens with zero attached hydrogens (tertiary/aromatic N) is 2. The van der Waals surface area contributed by atoms with E-state index >= 15 is 0 Å². The lowest BCUT2D eigenvalue weighted by Crippen LogP contribution is -2.09. The number of benzene rings is 6. The molecule has 0 aliphatic carbocycles. The molecule has 0 unspecified atom stereocenters. The van der Waals surface area contributed by atoms with E-state index in [0.29, 0.717) is 5.89 Å². The molecule has 2 aromatic heterocycles. The van der Waals surface area contributed by atoms with Crippen molar-refractivity contribution in [3.05, 3.63) is 146 Å². The van der Waals surface area contributed by atoms with Crippen molar-refractivity contribution in [2.24, 2.45) is 0 Å². The average Bonchev–Trinajstić information content (AvgIpc) is 3.65. The van der Waals surface area contributed by atoms with E-state index in [-0.39, 0.29) is 0 Å². The fourth-order valence-electron chi connectivity index (χ4n) is 5.65. The second-order valence-corrected chi connectivity index (χ2v) is 10.0. The molecule has 41 heavy (non-hydrogen) atoms. The fourth-order valence-corrected chi connectivity index (χ4v) is 5.65. The molecule has 0 N–H and O–H groups in total. The number of anilines is 3. The van der Waals surface area contributed by atoms with Gasteiger partial charge in [0.25, 0.3) is 0 Å². The maximum atomic E-state index is 6.42. The summed E-state index contributed by atoms with van der Waals surface area (Å²) >= 11 is 0. The molecule has 4 nitrogen and oxygen atoms in total. The van der Waals surface area contributed by atoms with Gasteiger partial charge in [0.15, 0.2) is 5.58 Å². The lowest BCUT2D eigenvalue weighted by molar-refractivity contribution is 0.622. The van der Waals surface area contributed by atoms with Crippen LogP contribution in [0.15, 0.2) is 154 Å². The highest BCUT2D eigenvalue weighted by Gasteiger charge is 2.20. The molecule has 0 aliphatic rings. The first-order valence-electron chi connectivity index (χ1n) is 13.6. The minimum Gasteiger partial charge on any atom is -0.456 e. The first kappa shape index (κ1) is 23.3. The number of furan rings is 1. The van der Waals surface area contributed by atoms with Gasteiger partial charge in [0.05, 0.1) is 5.39 Å². The maximum Gasteiger partial charge on any atom is 0.227 e. The molecule has 0 aliphatic heterocycles. The zero-order valence-electron chi connectivity index (χ0n) is 22.1. The fraction of sp³-hybridized carbons (Fsp3) is 0. The van der Waals surface area contributed by atoms with Crippen molar-refractivity contribution in [2.45, 2.75) is 0 Å². The summed E-state index contributed by atoms with van der Waals surface area (Å²) in [5.41, 5.74) is 9.51. The first-order chi connectivity index (χ1) is 20.3. The van der Waals surface area contributed by atoms with Crippen LogP contribution in [0.2, 0.25) is 0 Å². The van der Waals surface area contributed by atoms with Gasteiger partial charge in [-0.3, -0.25) is 0 Å². The van der Waals surface area contributed by atoms with Crippen LogP contribution in [0.1, 0.15) is 0 Å². The van der Waals surface area contributed by atoms with E-state index in [9.17, 15) is 0 Å². The molecule has 0 spiro atoms. The van der Waals surface area contributed by atoms with E-state index in [1.165, 1.54) is 0 Å². The van der Waals surface area contributed by atoms with Gasteiger partial charge in [-0.1, -0.05) is 78.9 Å². The van der Waals surface area contributed by atoms with Crippen LogP contribution >= 0.6 is 0 Å². The SMILES string of the molecule is c1ccc(-c2nc3ccc4oc5cccc(-c6cccc(N(c7ccccc7)c7ccccc7)c6)c5c4c3o2)cc1. The molecule has 0 atom stereocenters. The third kappa shape index (κ3) is 3.97. The molecule has 0 bridgehead atoms. The summed E-state index contributed by atoms with van der Waals surface area (Å²) < 4.78 is 12.8. The highest BCUT2D eigenvalue weighted by Crippen LogP contribution is 2.43. The van der Waals surface area contributed by atoms with Crippen molar-refractivity contribution >= 4 is 50.1 Å². The van der Waals surface area contributed by atoms with E-state index in [1.807, 2.05) is 66.7 Å². The Morgan fingerprint density at radius 2 is 1.07 bits per heavy atom. The lowest BCUT2D eigenvalue weighted by Gasteiger charge is -2.26. The Morgan fingerprint density at radius 3 is 1.80 bits per heavy atom. The number of rotatable bonds is 5. The van der Waals surface area contributed by atoms with E-state index < -0.39 is 0 Å². The van der Waals surface area contributed by atoms with Gasteiger partial charge in [-0.05, 0) is 77.9 Å². The number of aromatic nitrogens is 1. The minimum absolute atomic E-state index is 0.600. The minimum atomic E-state index is 0.600. The van der Waals surface area contributed by atoms with Crippen LogP contribution in [0.3, 0.4) is 0 Å². The lowest BCUT2D eigenvalue weighted by atomic mass is 9.98. The summed E-state index contributed by atoms with van der Waals surface area (Å²) in [5, 5.41) is 1.96. The quantitative estimate of drug-likeness (QED) is 0.223. The normalized spacial score (nSPS) is 11.4. The summed E-state index contributed by atoms with van der Waals surface area (Å²) in [6, 6.07) is 49.7. The molecule has 8 aromatic rings. The third-order valence-electron chi connectivity index (χ3n) is 7.48. The van der Waals surface area contributed by atoms with Gasteiger partial charge < -0.3 is 13.7 Å². The molecule has 4 heteroatoms. The highest BCUT2D eigenvalue weighted by atomic mass is 16.4. The van der Waals surface area contributed by atoms with Crippen molar-refractivity contribution in [3.8, 4) is 22.6 Å². The van der Waals surface area contributed by atoms with E-state index in [2.05, 4.69) is 83.8 Å². The van der Waals surface area contributed by atoms with Crippen LogP contribution in [0.4, 0.5) is 17.1 Å². The van der Waals surface area contributed by atoms with Gasteiger partial charge in [0.2, 0.25) is 5.89 Å². The Kier molecular flexibility index (Phi) is 5.42. The molecule has 0 radical (unpaired) electrons.